The van der Waals surface area contributed by atoms with Crippen LogP contribution in [0.2, 0.25) is 0 Å². The lowest BCUT2D eigenvalue weighted by molar-refractivity contribution is 0.0893. The first-order valence-corrected chi connectivity index (χ1v) is 7.35. The standard InChI is InChI=1S/C17H25N/c1-16(2,3)14-8-6-7-13(11-14)15-17(12-18-15)9-4-5-10-17/h6-8,11,15,18H,4-5,9-10,12H2,1-3H3. The monoisotopic (exact) mass is 243 g/mol. The predicted molar refractivity (Wildman–Crippen MR) is 76.8 cm³/mol. The van der Waals surface area contributed by atoms with Gasteiger partial charge in [-0.2, -0.15) is 0 Å². The van der Waals surface area contributed by atoms with Crippen molar-refractivity contribution in [2.45, 2.75) is 57.9 Å². The zero-order valence-corrected chi connectivity index (χ0v) is 11.9. The smallest absolute Gasteiger partial charge is 0.0389 e. The van der Waals surface area contributed by atoms with Gasteiger partial charge in [-0.15, -0.1) is 0 Å². The number of hydrogen-bond donors (Lipinski definition) is 1. The van der Waals surface area contributed by atoms with E-state index in [1.807, 2.05) is 0 Å². The predicted octanol–water partition coefficient (Wildman–Crippen LogP) is 4.19. The van der Waals surface area contributed by atoms with Crippen LogP contribution in [-0.2, 0) is 5.41 Å². The van der Waals surface area contributed by atoms with E-state index in [0.717, 1.165) is 0 Å². The van der Waals surface area contributed by atoms with Crippen LogP contribution in [0.3, 0.4) is 0 Å². The second-order valence-corrected chi connectivity index (χ2v) is 7.26. The average Bonchev–Trinajstić information content (AvgIpc) is 2.78. The van der Waals surface area contributed by atoms with Crippen LogP contribution in [0, 0.1) is 5.41 Å². The van der Waals surface area contributed by atoms with Gasteiger partial charge in [-0.1, -0.05) is 57.9 Å². The summed E-state index contributed by atoms with van der Waals surface area (Å²) < 4.78 is 0. The molecule has 1 N–H and O–H groups in total. The van der Waals surface area contributed by atoms with Gasteiger partial charge in [-0.25, -0.2) is 0 Å². The second-order valence-electron chi connectivity index (χ2n) is 7.26. The fourth-order valence-corrected chi connectivity index (χ4v) is 3.69. The van der Waals surface area contributed by atoms with Gasteiger partial charge in [0.15, 0.2) is 0 Å². The zero-order chi connectivity index (χ0) is 12.8. The van der Waals surface area contributed by atoms with Crippen LogP contribution in [0.1, 0.15) is 63.6 Å². The van der Waals surface area contributed by atoms with Crippen molar-refractivity contribution in [1.29, 1.82) is 0 Å². The molecule has 1 saturated carbocycles. The van der Waals surface area contributed by atoms with Gasteiger partial charge in [-0.3, -0.25) is 0 Å². The zero-order valence-electron chi connectivity index (χ0n) is 11.9. The van der Waals surface area contributed by atoms with E-state index in [2.05, 4.69) is 50.4 Å². The van der Waals surface area contributed by atoms with Gasteiger partial charge in [0.25, 0.3) is 0 Å². The van der Waals surface area contributed by atoms with Gasteiger partial charge in [0.2, 0.25) is 0 Å². The summed E-state index contributed by atoms with van der Waals surface area (Å²) in [6.45, 7) is 8.13. The van der Waals surface area contributed by atoms with Gasteiger partial charge in [0.05, 0.1) is 0 Å². The van der Waals surface area contributed by atoms with Crippen molar-refractivity contribution in [2.24, 2.45) is 5.41 Å². The second kappa shape index (κ2) is 4.09. The molecule has 1 heteroatoms. The molecule has 2 aliphatic rings. The molecule has 0 amide bonds. The third-order valence-corrected chi connectivity index (χ3v) is 4.96. The molecule has 1 unspecified atom stereocenters. The van der Waals surface area contributed by atoms with E-state index < -0.39 is 0 Å². The van der Waals surface area contributed by atoms with Crippen LogP contribution in [-0.4, -0.2) is 6.54 Å². The van der Waals surface area contributed by atoms with Crippen LogP contribution in [0.4, 0.5) is 0 Å². The summed E-state index contributed by atoms with van der Waals surface area (Å²) in [5.74, 6) is 0. The lowest BCUT2D eigenvalue weighted by atomic mass is 9.69. The molecule has 2 fully saturated rings. The molecule has 1 aromatic carbocycles. The molecule has 1 aliphatic heterocycles. The summed E-state index contributed by atoms with van der Waals surface area (Å²) in [4.78, 5) is 0. The van der Waals surface area contributed by atoms with Crippen molar-refractivity contribution >= 4 is 0 Å². The van der Waals surface area contributed by atoms with Crippen molar-refractivity contribution in [1.82, 2.24) is 5.32 Å². The Bertz CT molecular complexity index is 435. The van der Waals surface area contributed by atoms with E-state index in [1.54, 1.807) is 0 Å². The maximum atomic E-state index is 3.67. The SMILES string of the molecule is CC(C)(C)c1cccc(C2NCC23CCCC3)c1. The largest absolute Gasteiger partial charge is 0.309 e. The third kappa shape index (κ3) is 1.89. The molecule has 98 valence electrons. The molecule has 1 heterocycles. The van der Waals surface area contributed by atoms with Crippen molar-refractivity contribution in [3.8, 4) is 0 Å². The fraction of sp³-hybridized carbons (Fsp3) is 0.647. The van der Waals surface area contributed by atoms with E-state index >= 15 is 0 Å². The van der Waals surface area contributed by atoms with E-state index in [-0.39, 0.29) is 5.41 Å². The van der Waals surface area contributed by atoms with Crippen LogP contribution < -0.4 is 5.32 Å². The first-order valence-electron chi connectivity index (χ1n) is 7.35. The van der Waals surface area contributed by atoms with Crippen LogP contribution >= 0.6 is 0 Å². The quantitative estimate of drug-likeness (QED) is 0.780. The Labute approximate surface area is 111 Å². The molecule has 1 atom stereocenters. The molecular formula is C17H25N. The summed E-state index contributed by atoms with van der Waals surface area (Å²) in [5, 5.41) is 3.67. The van der Waals surface area contributed by atoms with E-state index in [0.29, 0.717) is 11.5 Å². The first-order chi connectivity index (χ1) is 8.51. The molecule has 1 spiro atoms. The molecule has 1 nitrogen and oxygen atoms in total. The third-order valence-electron chi connectivity index (χ3n) is 4.96. The summed E-state index contributed by atoms with van der Waals surface area (Å²) in [5.41, 5.74) is 3.82. The summed E-state index contributed by atoms with van der Waals surface area (Å²) in [6.07, 6.45) is 5.70. The Kier molecular flexibility index (Phi) is 2.78. The molecule has 0 aromatic heterocycles. The normalized spacial score (nSPS) is 26.3. The minimum Gasteiger partial charge on any atom is -0.309 e. The minimum absolute atomic E-state index is 0.253. The van der Waals surface area contributed by atoms with Gasteiger partial charge < -0.3 is 5.32 Å². The molecule has 18 heavy (non-hydrogen) atoms. The molecule has 0 bridgehead atoms. The van der Waals surface area contributed by atoms with E-state index in [1.165, 1.54) is 43.4 Å². The van der Waals surface area contributed by atoms with Gasteiger partial charge in [0, 0.05) is 18.0 Å². The van der Waals surface area contributed by atoms with Crippen molar-refractivity contribution < 1.29 is 0 Å². The Hall–Kier alpha value is -0.820. The van der Waals surface area contributed by atoms with Gasteiger partial charge in [0.1, 0.15) is 0 Å². The maximum Gasteiger partial charge on any atom is 0.0389 e. The molecule has 3 rings (SSSR count). The molecular weight excluding hydrogens is 218 g/mol. The Morgan fingerprint density at radius 3 is 2.44 bits per heavy atom. The lowest BCUT2D eigenvalue weighted by Crippen LogP contribution is -2.54. The number of rotatable bonds is 1. The molecule has 1 saturated heterocycles. The van der Waals surface area contributed by atoms with Crippen LogP contribution in [0.15, 0.2) is 24.3 Å². The van der Waals surface area contributed by atoms with E-state index in [4.69, 9.17) is 0 Å². The van der Waals surface area contributed by atoms with Crippen molar-refractivity contribution in [2.75, 3.05) is 6.54 Å². The van der Waals surface area contributed by atoms with Crippen molar-refractivity contribution in [3.63, 3.8) is 0 Å². The van der Waals surface area contributed by atoms with E-state index in [9.17, 15) is 0 Å². The first kappa shape index (κ1) is 12.2. The number of hydrogen-bond acceptors (Lipinski definition) is 1. The topological polar surface area (TPSA) is 12.0 Å². The average molecular weight is 243 g/mol. The van der Waals surface area contributed by atoms with Crippen LogP contribution in [0.25, 0.3) is 0 Å². The van der Waals surface area contributed by atoms with Crippen molar-refractivity contribution in [3.05, 3.63) is 35.4 Å². The summed E-state index contributed by atoms with van der Waals surface area (Å²) in [6, 6.07) is 9.85. The molecule has 1 aliphatic carbocycles. The lowest BCUT2D eigenvalue weighted by Gasteiger charge is -2.49. The summed E-state index contributed by atoms with van der Waals surface area (Å²) in [7, 11) is 0. The highest BCUT2D eigenvalue weighted by atomic mass is 15.0. The minimum atomic E-state index is 0.253. The highest BCUT2D eigenvalue weighted by Gasteiger charge is 2.48. The van der Waals surface area contributed by atoms with Crippen LogP contribution in [0.5, 0.6) is 0 Å². The Balaban J connectivity index is 1.89. The Morgan fingerprint density at radius 2 is 1.89 bits per heavy atom. The van der Waals surface area contributed by atoms with Gasteiger partial charge >= 0.3 is 0 Å². The maximum absolute atomic E-state index is 3.67. The molecule has 0 radical (unpaired) electrons. The Morgan fingerprint density at radius 1 is 1.17 bits per heavy atom. The fourth-order valence-electron chi connectivity index (χ4n) is 3.69. The highest BCUT2D eigenvalue weighted by molar-refractivity contribution is 5.33. The summed E-state index contributed by atoms with van der Waals surface area (Å²) >= 11 is 0. The van der Waals surface area contributed by atoms with Gasteiger partial charge in [-0.05, 0) is 29.4 Å². The highest BCUT2D eigenvalue weighted by Crippen LogP contribution is 2.52. The number of benzene rings is 1. The number of nitrogens with one attached hydrogen (secondary N) is 1. The molecule has 1 aromatic rings.